The highest BCUT2D eigenvalue weighted by Crippen LogP contribution is 2.12. The lowest BCUT2D eigenvalue weighted by Gasteiger charge is -2.13. The SMILES string of the molecule is O=C(O)Nc1ccc(CN2CCCC2)nc1. The van der Waals surface area contributed by atoms with E-state index in [9.17, 15) is 4.79 Å². The molecular formula is C11H15N3O2. The Morgan fingerprint density at radius 1 is 1.44 bits per heavy atom. The Hall–Kier alpha value is -1.62. The minimum atomic E-state index is -1.06. The van der Waals surface area contributed by atoms with E-state index in [-0.39, 0.29) is 0 Å². The van der Waals surface area contributed by atoms with E-state index in [0.717, 1.165) is 25.3 Å². The van der Waals surface area contributed by atoms with E-state index in [1.165, 1.54) is 12.8 Å². The molecule has 86 valence electrons. The molecule has 0 bridgehead atoms. The summed E-state index contributed by atoms with van der Waals surface area (Å²) in [4.78, 5) is 17.0. The van der Waals surface area contributed by atoms with Crippen molar-refractivity contribution in [2.24, 2.45) is 0 Å². The largest absolute Gasteiger partial charge is 0.465 e. The highest BCUT2D eigenvalue weighted by molar-refractivity contribution is 5.82. The molecule has 0 atom stereocenters. The van der Waals surface area contributed by atoms with Gasteiger partial charge in [-0.15, -0.1) is 0 Å². The van der Waals surface area contributed by atoms with Gasteiger partial charge >= 0.3 is 6.09 Å². The molecule has 1 fully saturated rings. The van der Waals surface area contributed by atoms with Gasteiger partial charge in [-0.2, -0.15) is 0 Å². The first-order valence-corrected chi connectivity index (χ1v) is 5.41. The molecule has 5 heteroatoms. The van der Waals surface area contributed by atoms with Gasteiger partial charge in [-0.3, -0.25) is 15.2 Å². The average Bonchev–Trinajstić information content (AvgIpc) is 2.73. The highest BCUT2D eigenvalue weighted by Gasteiger charge is 2.12. The number of amides is 1. The van der Waals surface area contributed by atoms with Gasteiger partial charge in [-0.05, 0) is 38.1 Å². The number of likely N-dealkylation sites (tertiary alicyclic amines) is 1. The molecule has 1 aliphatic heterocycles. The fraction of sp³-hybridized carbons (Fsp3) is 0.455. The smallest absolute Gasteiger partial charge is 0.409 e. The lowest BCUT2D eigenvalue weighted by atomic mass is 10.3. The summed E-state index contributed by atoms with van der Waals surface area (Å²) in [6.07, 6.45) is 3.02. The van der Waals surface area contributed by atoms with Gasteiger partial charge in [0.25, 0.3) is 0 Å². The molecule has 0 saturated carbocycles. The van der Waals surface area contributed by atoms with E-state index < -0.39 is 6.09 Å². The number of nitrogens with zero attached hydrogens (tertiary/aromatic N) is 2. The predicted octanol–water partition coefficient (Wildman–Crippen LogP) is 1.77. The molecule has 0 aliphatic carbocycles. The normalized spacial score (nSPS) is 16.2. The van der Waals surface area contributed by atoms with E-state index >= 15 is 0 Å². The molecule has 1 aromatic heterocycles. The summed E-state index contributed by atoms with van der Waals surface area (Å²) in [5, 5.41) is 10.8. The molecule has 16 heavy (non-hydrogen) atoms. The van der Waals surface area contributed by atoms with Crippen LogP contribution in [0.3, 0.4) is 0 Å². The number of nitrogens with one attached hydrogen (secondary N) is 1. The first kappa shape index (κ1) is 10.9. The van der Waals surface area contributed by atoms with Crippen LogP contribution in [0.1, 0.15) is 18.5 Å². The zero-order valence-electron chi connectivity index (χ0n) is 9.02. The number of aromatic nitrogens is 1. The standard InChI is InChI=1S/C11H15N3O2/c15-11(16)13-9-3-4-10(12-7-9)8-14-5-1-2-6-14/h3-4,7,13H,1-2,5-6,8H2,(H,15,16). The Labute approximate surface area is 94.1 Å². The Balaban J connectivity index is 1.93. The van der Waals surface area contributed by atoms with Gasteiger partial charge in [0.2, 0.25) is 0 Å². The molecule has 1 amide bonds. The Kier molecular flexibility index (Phi) is 3.36. The predicted molar refractivity (Wildman–Crippen MR) is 60.4 cm³/mol. The van der Waals surface area contributed by atoms with Crippen LogP contribution in [0.2, 0.25) is 0 Å². The molecule has 0 unspecified atom stereocenters. The van der Waals surface area contributed by atoms with Crippen molar-refractivity contribution < 1.29 is 9.90 Å². The molecule has 2 rings (SSSR count). The third-order valence-corrected chi connectivity index (χ3v) is 2.66. The van der Waals surface area contributed by atoms with Gasteiger partial charge in [0, 0.05) is 6.54 Å². The first-order valence-electron chi connectivity index (χ1n) is 5.41. The van der Waals surface area contributed by atoms with E-state index in [2.05, 4.69) is 15.2 Å². The number of hydrogen-bond acceptors (Lipinski definition) is 3. The highest BCUT2D eigenvalue weighted by atomic mass is 16.4. The molecule has 0 aromatic carbocycles. The topological polar surface area (TPSA) is 65.5 Å². The molecular weight excluding hydrogens is 206 g/mol. The van der Waals surface area contributed by atoms with Crippen molar-refractivity contribution in [2.75, 3.05) is 18.4 Å². The molecule has 1 aliphatic rings. The van der Waals surface area contributed by atoms with Crippen molar-refractivity contribution in [2.45, 2.75) is 19.4 Å². The van der Waals surface area contributed by atoms with Crippen molar-refractivity contribution >= 4 is 11.8 Å². The van der Waals surface area contributed by atoms with Crippen LogP contribution in [-0.4, -0.2) is 34.2 Å². The van der Waals surface area contributed by atoms with Crippen LogP contribution < -0.4 is 5.32 Å². The first-order chi connectivity index (χ1) is 7.74. The van der Waals surface area contributed by atoms with E-state index in [4.69, 9.17) is 5.11 Å². The molecule has 1 saturated heterocycles. The van der Waals surface area contributed by atoms with Crippen molar-refractivity contribution in [3.8, 4) is 0 Å². The lowest BCUT2D eigenvalue weighted by molar-refractivity contribution is 0.209. The van der Waals surface area contributed by atoms with Crippen LogP contribution >= 0.6 is 0 Å². The van der Waals surface area contributed by atoms with Crippen LogP contribution in [0.4, 0.5) is 10.5 Å². The maximum atomic E-state index is 10.4. The lowest BCUT2D eigenvalue weighted by Crippen LogP contribution is -2.19. The maximum Gasteiger partial charge on any atom is 0.409 e. The van der Waals surface area contributed by atoms with Crippen LogP contribution in [0.15, 0.2) is 18.3 Å². The fourth-order valence-electron chi connectivity index (χ4n) is 1.89. The molecule has 2 N–H and O–H groups in total. The second-order valence-corrected chi connectivity index (χ2v) is 3.95. The van der Waals surface area contributed by atoms with Crippen molar-refractivity contribution in [1.82, 2.24) is 9.88 Å². The fourth-order valence-corrected chi connectivity index (χ4v) is 1.89. The van der Waals surface area contributed by atoms with Crippen molar-refractivity contribution in [1.29, 1.82) is 0 Å². The molecule has 1 aromatic rings. The minimum absolute atomic E-state index is 0.512. The zero-order valence-corrected chi connectivity index (χ0v) is 9.02. The molecule has 0 radical (unpaired) electrons. The third kappa shape index (κ3) is 2.93. The van der Waals surface area contributed by atoms with Gasteiger partial charge in [0.15, 0.2) is 0 Å². The number of pyridine rings is 1. The van der Waals surface area contributed by atoms with Gasteiger partial charge in [-0.1, -0.05) is 0 Å². The van der Waals surface area contributed by atoms with E-state index in [0.29, 0.717) is 5.69 Å². The minimum Gasteiger partial charge on any atom is -0.465 e. The average molecular weight is 221 g/mol. The van der Waals surface area contributed by atoms with Gasteiger partial charge in [0.1, 0.15) is 0 Å². The van der Waals surface area contributed by atoms with Crippen LogP contribution in [0.5, 0.6) is 0 Å². The summed E-state index contributed by atoms with van der Waals surface area (Å²) in [5.41, 5.74) is 1.50. The summed E-state index contributed by atoms with van der Waals surface area (Å²) < 4.78 is 0. The summed E-state index contributed by atoms with van der Waals surface area (Å²) in [7, 11) is 0. The zero-order chi connectivity index (χ0) is 11.4. The summed E-state index contributed by atoms with van der Waals surface area (Å²) in [5.74, 6) is 0. The number of carbonyl (C=O) groups is 1. The van der Waals surface area contributed by atoms with E-state index in [1.807, 2.05) is 6.07 Å². The second kappa shape index (κ2) is 4.94. The third-order valence-electron chi connectivity index (χ3n) is 2.66. The number of rotatable bonds is 3. The molecule has 2 heterocycles. The summed E-state index contributed by atoms with van der Waals surface area (Å²) in [6.45, 7) is 3.13. The number of anilines is 1. The van der Waals surface area contributed by atoms with Crippen molar-refractivity contribution in [3.05, 3.63) is 24.0 Å². The van der Waals surface area contributed by atoms with Crippen LogP contribution in [-0.2, 0) is 6.54 Å². The molecule has 5 nitrogen and oxygen atoms in total. The second-order valence-electron chi connectivity index (χ2n) is 3.95. The van der Waals surface area contributed by atoms with Gasteiger partial charge in [0.05, 0.1) is 17.6 Å². The van der Waals surface area contributed by atoms with Crippen molar-refractivity contribution in [3.63, 3.8) is 0 Å². The summed E-state index contributed by atoms with van der Waals surface area (Å²) in [6, 6.07) is 3.61. The summed E-state index contributed by atoms with van der Waals surface area (Å²) >= 11 is 0. The number of hydrogen-bond donors (Lipinski definition) is 2. The Bertz CT molecular complexity index is 358. The van der Waals surface area contributed by atoms with E-state index in [1.54, 1.807) is 12.3 Å². The van der Waals surface area contributed by atoms with Gasteiger partial charge < -0.3 is 5.11 Å². The maximum absolute atomic E-state index is 10.4. The Morgan fingerprint density at radius 3 is 2.75 bits per heavy atom. The van der Waals surface area contributed by atoms with Gasteiger partial charge in [-0.25, -0.2) is 4.79 Å². The monoisotopic (exact) mass is 221 g/mol. The van der Waals surface area contributed by atoms with Crippen LogP contribution in [0.25, 0.3) is 0 Å². The Morgan fingerprint density at radius 2 is 2.19 bits per heavy atom. The number of carboxylic acid groups (broad SMARTS) is 1. The van der Waals surface area contributed by atoms with Crippen LogP contribution in [0, 0.1) is 0 Å². The quantitative estimate of drug-likeness (QED) is 0.816. The molecule has 0 spiro atoms.